The van der Waals surface area contributed by atoms with Crippen molar-refractivity contribution in [3.63, 3.8) is 0 Å². The van der Waals surface area contributed by atoms with E-state index in [0.29, 0.717) is 17.4 Å². The zero-order valence-electron chi connectivity index (χ0n) is 16.5. The van der Waals surface area contributed by atoms with E-state index < -0.39 is 0 Å². The van der Waals surface area contributed by atoms with Crippen LogP contribution in [0.3, 0.4) is 0 Å². The fraction of sp³-hybridized carbons (Fsp3) is 0.800. The summed E-state index contributed by atoms with van der Waals surface area (Å²) in [5.41, 5.74) is 0.461. The lowest BCUT2D eigenvalue weighted by molar-refractivity contribution is -0.0447. The molecular weight excluding hydrogens is 310 g/mol. The minimum atomic E-state index is 0.461. The minimum Gasteiger partial charge on any atom is -0.355 e. The van der Waals surface area contributed by atoms with Gasteiger partial charge in [0.05, 0.1) is 0 Å². The molecule has 3 rings (SSSR count). The van der Waals surface area contributed by atoms with E-state index in [1.165, 1.54) is 19.3 Å². The Morgan fingerprint density at radius 3 is 2.80 bits per heavy atom. The van der Waals surface area contributed by atoms with Gasteiger partial charge in [0.2, 0.25) is 5.95 Å². The number of nitrogens with one attached hydrogen (secondary N) is 2. The standard InChI is InChI=1S/C20H35N5/c1-6-15(17-11-14(2)20(17,3)4)12-23-19-22-9-7-18(24-19)25-10-8-16(13-25)21-5/h7,9,14-17,21H,6,8,10-13H2,1-5H3,(H,22,23,24)/t14-,15+,16+,17-/m0/s1. The highest BCUT2D eigenvalue weighted by Crippen LogP contribution is 2.54. The number of anilines is 2. The molecule has 1 aliphatic heterocycles. The summed E-state index contributed by atoms with van der Waals surface area (Å²) in [4.78, 5) is 11.6. The Bertz CT molecular complexity index is 573. The first-order chi connectivity index (χ1) is 12.0. The summed E-state index contributed by atoms with van der Waals surface area (Å²) in [7, 11) is 2.04. The average molecular weight is 346 g/mol. The SMILES string of the molecule is CC[C@H](CNc1nccc(N2CC[C@@H](NC)C2)n1)[C@@H]1C[C@H](C)C1(C)C. The number of nitrogens with zero attached hydrogens (tertiary/aromatic N) is 3. The third-order valence-corrected chi connectivity index (χ3v) is 7.01. The van der Waals surface area contributed by atoms with Gasteiger partial charge in [0, 0.05) is 31.9 Å². The van der Waals surface area contributed by atoms with Crippen LogP contribution in [0.15, 0.2) is 12.3 Å². The molecule has 2 fully saturated rings. The summed E-state index contributed by atoms with van der Waals surface area (Å²) in [5, 5.41) is 6.88. The van der Waals surface area contributed by atoms with Crippen LogP contribution in [0.5, 0.6) is 0 Å². The van der Waals surface area contributed by atoms with Crippen molar-refractivity contribution >= 4 is 11.8 Å². The van der Waals surface area contributed by atoms with Gasteiger partial charge in [-0.15, -0.1) is 0 Å². The second kappa shape index (κ2) is 7.48. The molecule has 1 aromatic heterocycles. The first kappa shape index (κ1) is 18.4. The minimum absolute atomic E-state index is 0.461. The second-order valence-electron chi connectivity index (χ2n) is 8.57. The van der Waals surface area contributed by atoms with E-state index in [1.54, 1.807) is 0 Å². The molecule has 0 amide bonds. The van der Waals surface area contributed by atoms with Crippen molar-refractivity contribution in [3.05, 3.63) is 12.3 Å². The fourth-order valence-corrected chi connectivity index (χ4v) is 4.60. The van der Waals surface area contributed by atoms with Crippen LogP contribution >= 0.6 is 0 Å². The molecule has 0 unspecified atom stereocenters. The van der Waals surface area contributed by atoms with Gasteiger partial charge in [-0.2, -0.15) is 4.98 Å². The third-order valence-electron chi connectivity index (χ3n) is 7.01. The summed E-state index contributed by atoms with van der Waals surface area (Å²) < 4.78 is 0. The maximum absolute atomic E-state index is 4.76. The van der Waals surface area contributed by atoms with E-state index in [0.717, 1.165) is 43.2 Å². The maximum atomic E-state index is 4.76. The van der Waals surface area contributed by atoms with E-state index in [9.17, 15) is 0 Å². The number of likely N-dealkylation sites (N-methyl/N-ethyl adjacent to an activating group) is 1. The quantitative estimate of drug-likeness (QED) is 0.793. The van der Waals surface area contributed by atoms with Gasteiger partial charge in [-0.25, -0.2) is 4.98 Å². The monoisotopic (exact) mass is 345 g/mol. The highest BCUT2D eigenvalue weighted by molar-refractivity contribution is 5.43. The summed E-state index contributed by atoms with van der Waals surface area (Å²) in [5.74, 6) is 4.15. The predicted molar refractivity (Wildman–Crippen MR) is 105 cm³/mol. The molecule has 25 heavy (non-hydrogen) atoms. The lowest BCUT2D eigenvalue weighted by Crippen LogP contribution is -2.48. The third kappa shape index (κ3) is 3.76. The van der Waals surface area contributed by atoms with E-state index in [1.807, 2.05) is 19.3 Å². The van der Waals surface area contributed by atoms with E-state index in [2.05, 4.69) is 48.2 Å². The van der Waals surface area contributed by atoms with Crippen molar-refractivity contribution in [2.75, 3.05) is 36.9 Å². The second-order valence-corrected chi connectivity index (χ2v) is 8.57. The van der Waals surface area contributed by atoms with Gasteiger partial charge >= 0.3 is 0 Å². The van der Waals surface area contributed by atoms with Gasteiger partial charge in [-0.05, 0) is 49.1 Å². The van der Waals surface area contributed by atoms with Crippen molar-refractivity contribution in [3.8, 4) is 0 Å². The number of aromatic nitrogens is 2. The van der Waals surface area contributed by atoms with E-state index >= 15 is 0 Å². The highest BCUT2D eigenvalue weighted by Gasteiger charge is 2.48. The van der Waals surface area contributed by atoms with Crippen LogP contribution in [0.4, 0.5) is 11.8 Å². The molecule has 4 atom stereocenters. The van der Waals surface area contributed by atoms with Crippen LogP contribution in [-0.2, 0) is 0 Å². The van der Waals surface area contributed by atoms with Gasteiger partial charge < -0.3 is 15.5 Å². The van der Waals surface area contributed by atoms with Gasteiger partial charge in [-0.1, -0.05) is 34.1 Å². The Morgan fingerprint density at radius 1 is 1.40 bits per heavy atom. The molecular formula is C20H35N5. The topological polar surface area (TPSA) is 53.1 Å². The van der Waals surface area contributed by atoms with Gasteiger partial charge in [0.1, 0.15) is 5.82 Å². The van der Waals surface area contributed by atoms with Crippen molar-refractivity contribution in [2.24, 2.45) is 23.2 Å². The molecule has 0 bridgehead atoms. The van der Waals surface area contributed by atoms with Crippen LogP contribution < -0.4 is 15.5 Å². The normalized spacial score (nSPS) is 29.3. The molecule has 5 nitrogen and oxygen atoms in total. The number of rotatable bonds is 7. The Balaban J connectivity index is 1.59. The van der Waals surface area contributed by atoms with Crippen LogP contribution in [0, 0.1) is 23.2 Å². The van der Waals surface area contributed by atoms with Gasteiger partial charge in [0.15, 0.2) is 0 Å². The van der Waals surface area contributed by atoms with Crippen molar-refractivity contribution in [1.82, 2.24) is 15.3 Å². The van der Waals surface area contributed by atoms with Crippen molar-refractivity contribution in [1.29, 1.82) is 0 Å². The lowest BCUT2D eigenvalue weighted by atomic mass is 9.51. The molecule has 140 valence electrons. The molecule has 1 aliphatic carbocycles. The largest absolute Gasteiger partial charge is 0.355 e. The first-order valence-corrected chi connectivity index (χ1v) is 9.94. The summed E-state index contributed by atoms with van der Waals surface area (Å²) >= 11 is 0. The van der Waals surface area contributed by atoms with Crippen LogP contribution in [-0.4, -0.2) is 42.7 Å². The summed E-state index contributed by atoms with van der Waals surface area (Å²) in [6.07, 6.45) is 5.63. The Kier molecular flexibility index (Phi) is 5.52. The first-order valence-electron chi connectivity index (χ1n) is 9.94. The number of hydrogen-bond donors (Lipinski definition) is 2. The molecule has 0 spiro atoms. The Morgan fingerprint density at radius 2 is 2.20 bits per heavy atom. The predicted octanol–water partition coefficient (Wildman–Crippen LogP) is 3.40. The van der Waals surface area contributed by atoms with Crippen molar-refractivity contribution in [2.45, 2.75) is 53.0 Å². The molecule has 1 aromatic rings. The molecule has 0 aromatic carbocycles. The molecule has 5 heteroatoms. The lowest BCUT2D eigenvalue weighted by Gasteiger charge is -2.54. The van der Waals surface area contributed by atoms with Crippen LogP contribution in [0.25, 0.3) is 0 Å². The zero-order valence-corrected chi connectivity index (χ0v) is 16.5. The molecule has 2 N–H and O–H groups in total. The van der Waals surface area contributed by atoms with E-state index in [4.69, 9.17) is 4.98 Å². The molecule has 2 heterocycles. The Hall–Kier alpha value is -1.36. The van der Waals surface area contributed by atoms with Gasteiger partial charge in [-0.3, -0.25) is 0 Å². The molecule has 1 saturated heterocycles. The average Bonchev–Trinajstić information content (AvgIpc) is 3.11. The summed E-state index contributed by atoms with van der Waals surface area (Å²) in [6.45, 7) is 12.6. The number of hydrogen-bond acceptors (Lipinski definition) is 5. The molecule has 0 radical (unpaired) electrons. The maximum Gasteiger partial charge on any atom is 0.224 e. The van der Waals surface area contributed by atoms with Crippen LogP contribution in [0.2, 0.25) is 0 Å². The van der Waals surface area contributed by atoms with Gasteiger partial charge in [0.25, 0.3) is 0 Å². The fourth-order valence-electron chi connectivity index (χ4n) is 4.60. The van der Waals surface area contributed by atoms with Crippen LogP contribution in [0.1, 0.15) is 47.0 Å². The summed E-state index contributed by atoms with van der Waals surface area (Å²) in [6, 6.07) is 2.59. The highest BCUT2D eigenvalue weighted by atomic mass is 15.3. The van der Waals surface area contributed by atoms with E-state index in [-0.39, 0.29) is 0 Å². The molecule has 2 aliphatic rings. The smallest absolute Gasteiger partial charge is 0.224 e. The molecule has 1 saturated carbocycles. The van der Waals surface area contributed by atoms with Crippen molar-refractivity contribution < 1.29 is 0 Å². The Labute approximate surface area is 153 Å². The zero-order chi connectivity index (χ0) is 18.0.